The summed E-state index contributed by atoms with van der Waals surface area (Å²) >= 11 is 0. The largest absolute Gasteiger partial charge is 0.506 e. The molecule has 21 heavy (non-hydrogen) atoms. The van der Waals surface area contributed by atoms with Gasteiger partial charge in [-0.3, -0.25) is 4.72 Å². The average Bonchev–Trinajstić information content (AvgIpc) is 2.43. The quantitative estimate of drug-likeness (QED) is 0.853. The van der Waals surface area contributed by atoms with Crippen molar-refractivity contribution in [2.24, 2.45) is 0 Å². The van der Waals surface area contributed by atoms with Crippen LogP contribution in [0, 0.1) is 24.1 Å². The van der Waals surface area contributed by atoms with Gasteiger partial charge in [0, 0.05) is 0 Å². The van der Waals surface area contributed by atoms with Crippen LogP contribution < -0.4 is 4.72 Å². The van der Waals surface area contributed by atoms with E-state index in [9.17, 15) is 17.9 Å². The normalized spacial score (nSPS) is 10.9. The lowest BCUT2D eigenvalue weighted by atomic mass is 10.2. The summed E-state index contributed by atoms with van der Waals surface area (Å²) in [5.74, 6) is -1.18. The minimum absolute atomic E-state index is 0.00866. The monoisotopic (exact) mass is 306 g/mol. The maximum Gasteiger partial charge on any atom is 0.263 e. The Labute approximate surface area is 121 Å². The Hall–Kier alpha value is -2.59. The van der Waals surface area contributed by atoms with E-state index >= 15 is 0 Å². The predicted molar refractivity (Wildman–Crippen MR) is 74.8 cm³/mol. The molecule has 0 saturated heterocycles. The number of hydrogen-bond donors (Lipinski definition) is 2. The second kappa shape index (κ2) is 5.42. The molecule has 2 aromatic carbocycles. The summed E-state index contributed by atoms with van der Waals surface area (Å²) in [6.07, 6.45) is 0. The van der Waals surface area contributed by atoms with Gasteiger partial charge in [-0.2, -0.15) is 5.26 Å². The molecule has 2 rings (SSSR count). The van der Waals surface area contributed by atoms with Gasteiger partial charge in [-0.15, -0.1) is 0 Å². The molecule has 0 heterocycles. The molecule has 0 fully saturated rings. The van der Waals surface area contributed by atoms with Crippen molar-refractivity contribution in [2.75, 3.05) is 4.72 Å². The van der Waals surface area contributed by atoms with Gasteiger partial charge >= 0.3 is 0 Å². The van der Waals surface area contributed by atoms with E-state index in [0.717, 1.165) is 12.1 Å². The standard InChI is InChI=1S/C14H11FN2O3S/c1-9-4-2-6-12(18)14(9)17-21(19,20)13-7-3-5-11(15)10(13)8-16/h2-7,17-18H,1H3. The Bertz CT molecular complexity index is 822. The molecule has 108 valence electrons. The van der Waals surface area contributed by atoms with Crippen LogP contribution in [0.3, 0.4) is 0 Å². The third kappa shape index (κ3) is 2.80. The molecule has 2 N–H and O–H groups in total. The van der Waals surface area contributed by atoms with Gasteiger partial charge in [0.1, 0.15) is 28.1 Å². The van der Waals surface area contributed by atoms with Gasteiger partial charge in [-0.25, -0.2) is 12.8 Å². The summed E-state index contributed by atoms with van der Waals surface area (Å²) in [5.41, 5.74) is -0.0859. The summed E-state index contributed by atoms with van der Waals surface area (Å²) in [5, 5.41) is 18.6. The highest BCUT2D eigenvalue weighted by Gasteiger charge is 2.23. The van der Waals surface area contributed by atoms with E-state index in [0.29, 0.717) is 5.56 Å². The van der Waals surface area contributed by atoms with Gasteiger partial charge in [0.2, 0.25) is 0 Å². The second-order valence-electron chi connectivity index (χ2n) is 4.30. The van der Waals surface area contributed by atoms with E-state index in [1.165, 1.54) is 18.2 Å². The molecule has 0 aliphatic heterocycles. The van der Waals surface area contributed by atoms with E-state index in [4.69, 9.17) is 5.26 Å². The number of nitrogens with zero attached hydrogens (tertiary/aromatic N) is 1. The SMILES string of the molecule is Cc1cccc(O)c1NS(=O)(=O)c1cccc(F)c1C#N. The van der Waals surface area contributed by atoms with Crippen LogP contribution in [0.2, 0.25) is 0 Å². The summed E-state index contributed by atoms with van der Waals surface area (Å²) in [6, 6.07) is 9.34. The third-order valence-corrected chi connectivity index (χ3v) is 4.26. The lowest BCUT2D eigenvalue weighted by Crippen LogP contribution is -2.16. The van der Waals surface area contributed by atoms with E-state index in [1.54, 1.807) is 19.1 Å². The van der Waals surface area contributed by atoms with Crippen molar-refractivity contribution in [3.05, 3.63) is 53.3 Å². The molecule has 0 unspecified atom stereocenters. The van der Waals surface area contributed by atoms with Gasteiger partial charge < -0.3 is 5.11 Å². The number of sulfonamides is 1. The lowest BCUT2D eigenvalue weighted by molar-refractivity contribution is 0.477. The number of phenolic OH excluding ortho intramolecular Hbond substituents is 1. The van der Waals surface area contributed by atoms with Crippen molar-refractivity contribution in [2.45, 2.75) is 11.8 Å². The number of rotatable bonds is 3. The number of nitriles is 1. The van der Waals surface area contributed by atoms with Crippen LogP contribution in [-0.2, 0) is 10.0 Å². The minimum Gasteiger partial charge on any atom is -0.506 e. The summed E-state index contributed by atoms with van der Waals surface area (Å²) in [4.78, 5) is -0.479. The highest BCUT2D eigenvalue weighted by Crippen LogP contribution is 2.30. The Morgan fingerprint density at radius 1 is 1.24 bits per heavy atom. The van der Waals surface area contributed by atoms with Crippen LogP contribution in [0.5, 0.6) is 5.75 Å². The molecule has 0 atom stereocenters. The molecule has 0 amide bonds. The third-order valence-electron chi connectivity index (χ3n) is 2.86. The number of benzene rings is 2. The zero-order valence-corrected chi connectivity index (χ0v) is 11.8. The van der Waals surface area contributed by atoms with E-state index in [2.05, 4.69) is 4.72 Å². The van der Waals surface area contributed by atoms with Crippen molar-refractivity contribution in [1.82, 2.24) is 0 Å². The van der Waals surface area contributed by atoms with Crippen LogP contribution in [0.15, 0.2) is 41.3 Å². The number of anilines is 1. The van der Waals surface area contributed by atoms with Crippen molar-refractivity contribution in [3.8, 4) is 11.8 Å². The number of nitrogens with one attached hydrogen (secondary N) is 1. The highest BCUT2D eigenvalue weighted by molar-refractivity contribution is 7.92. The van der Waals surface area contributed by atoms with Crippen LogP contribution in [-0.4, -0.2) is 13.5 Å². The van der Waals surface area contributed by atoms with Crippen LogP contribution in [0.1, 0.15) is 11.1 Å². The predicted octanol–water partition coefficient (Wildman–Crippen LogP) is 2.51. The summed E-state index contributed by atoms with van der Waals surface area (Å²) in [6.45, 7) is 1.61. The smallest absolute Gasteiger partial charge is 0.263 e. The molecular formula is C14H11FN2O3S. The second-order valence-corrected chi connectivity index (χ2v) is 5.95. The molecule has 2 aromatic rings. The molecule has 0 bridgehead atoms. The Morgan fingerprint density at radius 2 is 1.90 bits per heavy atom. The minimum atomic E-state index is -4.20. The van der Waals surface area contributed by atoms with Crippen molar-refractivity contribution >= 4 is 15.7 Å². The van der Waals surface area contributed by atoms with Gasteiger partial charge in [-0.1, -0.05) is 18.2 Å². The number of para-hydroxylation sites is 1. The molecule has 0 aliphatic rings. The summed E-state index contributed by atoms with van der Waals surface area (Å²) < 4.78 is 40.3. The zero-order valence-electron chi connectivity index (χ0n) is 11.0. The molecule has 0 radical (unpaired) electrons. The molecule has 0 saturated carbocycles. The fourth-order valence-corrected chi connectivity index (χ4v) is 3.13. The molecule has 0 spiro atoms. The van der Waals surface area contributed by atoms with E-state index < -0.39 is 26.3 Å². The molecule has 0 aromatic heterocycles. The number of aromatic hydroxyl groups is 1. The maximum absolute atomic E-state index is 13.5. The van der Waals surface area contributed by atoms with Crippen molar-refractivity contribution < 1.29 is 17.9 Å². The highest BCUT2D eigenvalue weighted by atomic mass is 32.2. The Morgan fingerprint density at radius 3 is 2.52 bits per heavy atom. The molecule has 0 aliphatic carbocycles. The molecule has 7 heteroatoms. The number of phenols is 1. The molecular weight excluding hydrogens is 295 g/mol. The van der Waals surface area contributed by atoms with E-state index in [-0.39, 0.29) is 11.4 Å². The lowest BCUT2D eigenvalue weighted by Gasteiger charge is -2.13. The fourth-order valence-electron chi connectivity index (χ4n) is 1.81. The number of aryl methyl sites for hydroxylation is 1. The zero-order chi connectivity index (χ0) is 15.6. The first-order valence-corrected chi connectivity index (χ1v) is 7.35. The molecule has 5 nitrogen and oxygen atoms in total. The number of hydrogen-bond acceptors (Lipinski definition) is 4. The van der Waals surface area contributed by atoms with Gasteiger partial charge in [0.25, 0.3) is 10.0 Å². The van der Waals surface area contributed by atoms with Crippen LogP contribution >= 0.6 is 0 Å². The first kappa shape index (κ1) is 14.8. The van der Waals surface area contributed by atoms with Crippen molar-refractivity contribution in [3.63, 3.8) is 0 Å². The Balaban J connectivity index is 2.55. The first-order valence-electron chi connectivity index (χ1n) is 5.87. The Kier molecular flexibility index (Phi) is 3.82. The first-order chi connectivity index (χ1) is 9.86. The fraction of sp³-hybridized carbons (Fsp3) is 0.0714. The van der Waals surface area contributed by atoms with Gasteiger partial charge in [-0.05, 0) is 30.7 Å². The van der Waals surface area contributed by atoms with Gasteiger partial charge in [0.05, 0.1) is 5.69 Å². The van der Waals surface area contributed by atoms with Crippen LogP contribution in [0.25, 0.3) is 0 Å². The van der Waals surface area contributed by atoms with Gasteiger partial charge in [0.15, 0.2) is 0 Å². The average molecular weight is 306 g/mol. The van der Waals surface area contributed by atoms with Crippen molar-refractivity contribution in [1.29, 1.82) is 5.26 Å². The maximum atomic E-state index is 13.5. The van der Waals surface area contributed by atoms with E-state index in [1.807, 2.05) is 0 Å². The topological polar surface area (TPSA) is 90.2 Å². The summed E-state index contributed by atoms with van der Waals surface area (Å²) in [7, 11) is -4.20. The number of halogens is 1. The van der Waals surface area contributed by atoms with Crippen LogP contribution in [0.4, 0.5) is 10.1 Å².